The van der Waals surface area contributed by atoms with Gasteiger partial charge in [-0.25, -0.2) is 0 Å². The van der Waals surface area contributed by atoms with E-state index in [-0.39, 0.29) is 11.9 Å². The van der Waals surface area contributed by atoms with Gasteiger partial charge in [0.25, 0.3) is 0 Å². The van der Waals surface area contributed by atoms with Crippen LogP contribution in [0.3, 0.4) is 0 Å². The topological polar surface area (TPSA) is 75.3 Å². The van der Waals surface area contributed by atoms with E-state index in [1.807, 2.05) is 50.2 Å². The molecule has 0 spiro atoms. The minimum absolute atomic E-state index is 0.209. The minimum atomic E-state index is -0.214. The summed E-state index contributed by atoms with van der Waals surface area (Å²) in [5, 5.41) is 2.95. The van der Waals surface area contributed by atoms with Crippen molar-refractivity contribution in [3.05, 3.63) is 53.6 Å². The third kappa shape index (κ3) is 7.22. The average Bonchev–Trinajstić information content (AvgIpc) is 2.78. The molecule has 1 unspecified atom stereocenters. The Morgan fingerprint density at radius 2 is 1.61 bits per heavy atom. The van der Waals surface area contributed by atoms with E-state index in [0.29, 0.717) is 42.8 Å². The SMILES string of the molecule is CCOc1ccc(/C=C/C(=O)NC(C)c2ccc(OCCOC)c(OC)c2)cc1OC. The van der Waals surface area contributed by atoms with Gasteiger partial charge in [0.05, 0.1) is 33.5 Å². The molecule has 31 heavy (non-hydrogen) atoms. The van der Waals surface area contributed by atoms with E-state index in [4.69, 9.17) is 23.7 Å². The van der Waals surface area contributed by atoms with Gasteiger partial charge in [-0.1, -0.05) is 12.1 Å². The fourth-order valence-corrected chi connectivity index (χ4v) is 2.89. The normalized spacial score (nSPS) is 11.8. The summed E-state index contributed by atoms with van der Waals surface area (Å²) in [7, 11) is 4.79. The first-order valence-electron chi connectivity index (χ1n) is 10.1. The van der Waals surface area contributed by atoms with Gasteiger partial charge in [-0.2, -0.15) is 0 Å². The predicted octanol–water partition coefficient (Wildman–Crippen LogP) is 4.02. The fourth-order valence-electron chi connectivity index (χ4n) is 2.89. The molecule has 2 rings (SSSR count). The molecule has 7 nitrogen and oxygen atoms in total. The molecule has 168 valence electrons. The molecule has 0 aromatic heterocycles. The standard InChI is InChI=1S/C24H31NO6/c1-6-30-20-10-7-18(15-22(20)28-4)8-12-24(26)25-17(2)19-9-11-21(23(16-19)29-5)31-14-13-27-3/h7-12,15-17H,6,13-14H2,1-5H3,(H,25,26)/b12-8+. The molecule has 0 fully saturated rings. The fraction of sp³-hybridized carbons (Fsp3) is 0.375. The average molecular weight is 430 g/mol. The van der Waals surface area contributed by atoms with Gasteiger partial charge in [-0.3, -0.25) is 4.79 Å². The number of amides is 1. The van der Waals surface area contributed by atoms with Gasteiger partial charge in [-0.05, 0) is 55.3 Å². The Labute approximate surface area is 183 Å². The van der Waals surface area contributed by atoms with Crippen LogP contribution in [-0.4, -0.2) is 47.1 Å². The van der Waals surface area contributed by atoms with Crippen LogP contribution in [0, 0.1) is 0 Å². The van der Waals surface area contributed by atoms with Gasteiger partial charge in [-0.15, -0.1) is 0 Å². The van der Waals surface area contributed by atoms with Crippen LogP contribution in [0.25, 0.3) is 6.08 Å². The Hall–Kier alpha value is -3.19. The lowest BCUT2D eigenvalue weighted by molar-refractivity contribution is -0.117. The number of methoxy groups -OCH3 is 3. The molecule has 7 heteroatoms. The summed E-state index contributed by atoms with van der Waals surface area (Å²) in [6, 6.07) is 10.9. The molecule has 0 aliphatic heterocycles. The summed E-state index contributed by atoms with van der Waals surface area (Å²) < 4.78 is 26.9. The highest BCUT2D eigenvalue weighted by Crippen LogP contribution is 2.30. The molecule has 0 saturated heterocycles. The maximum Gasteiger partial charge on any atom is 0.244 e. The summed E-state index contributed by atoms with van der Waals surface area (Å²) in [6.45, 7) is 5.29. The minimum Gasteiger partial charge on any atom is -0.493 e. The van der Waals surface area contributed by atoms with Crippen LogP contribution >= 0.6 is 0 Å². The van der Waals surface area contributed by atoms with Crippen LogP contribution < -0.4 is 24.3 Å². The van der Waals surface area contributed by atoms with Gasteiger partial charge in [0.2, 0.25) is 5.91 Å². The van der Waals surface area contributed by atoms with E-state index in [1.165, 1.54) is 6.08 Å². The zero-order valence-corrected chi connectivity index (χ0v) is 18.8. The Balaban J connectivity index is 2.01. The van der Waals surface area contributed by atoms with Crippen molar-refractivity contribution in [2.24, 2.45) is 0 Å². The van der Waals surface area contributed by atoms with E-state index in [2.05, 4.69) is 5.32 Å². The number of carbonyl (C=O) groups is 1. The second kappa shape index (κ2) is 12.5. The van der Waals surface area contributed by atoms with Crippen molar-refractivity contribution in [2.75, 3.05) is 41.2 Å². The van der Waals surface area contributed by atoms with E-state index in [1.54, 1.807) is 27.4 Å². The predicted molar refractivity (Wildman–Crippen MR) is 120 cm³/mol. The van der Waals surface area contributed by atoms with Crippen LogP contribution in [0.2, 0.25) is 0 Å². The summed E-state index contributed by atoms with van der Waals surface area (Å²) in [5.74, 6) is 2.32. The van der Waals surface area contributed by atoms with Crippen LogP contribution in [0.4, 0.5) is 0 Å². The summed E-state index contributed by atoms with van der Waals surface area (Å²) in [5.41, 5.74) is 1.74. The van der Waals surface area contributed by atoms with Gasteiger partial charge in [0, 0.05) is 13.2 Å². The molecule has 0 heterocycles. The second-order valence-corrected chi connectivity index (χ2v) is 6.66. The highest BCUT2D eigenvalue weighted by atomic mass is 16.5. The first-order chi connectivity index (χ1) is 15.0. The lowest BCUT2D eigenvalue weighted by Gasteiger charge is -2.16. The molecule has 0 aliphatic rings. The van der Waals surface area contributed by atoms with Gasteiger partial charge in [0.15, 0.2) is 23.0 Å². The van der Waals surface area contributed by atoms with Crippen molar-refractivity contribution in [3.63, 3.8) is 0 Å². The zero-order valence-electron chi connectivity index (χ0n) is 18.8. The molecule has 1 N–H and O–H groups in total. The Kier molecular flexibility index (Phi) is 9.71. The molecule has 1 atom stereocenters. The van der Waals surface area contributed by atoms with Crippen LogP contribution in [0.5, 0.6) is 23.0 Å². The van der Waals surface area contributed by atoms with E-state index >= 15 is 0 Å². The van der Waals surface area contributed by atoms with Crippen LogP contribution in [-0.2, 0) is 9.53 Å². The number of rotatable bonds is 12. The molecular weight excluding hydrogens is 398 g/mol. The van der Waals surface area contributed by atoms with Gasteiger partial charge < -0.3 is 29.0 Å². The lowest BCUT2D eigenvalue weighted by Crippen LogP contribution is -2.24. The Morgan fingerprint density at radius 3 is 2.29 bits per heavy atom. The van der Waals surface area contributed by atoms with E-state index in [0.717, 1.165) is 11.1 Å². The second-order valence-electron chi connectivity index (χ2n) is 6.66. The molecule has 1 amide bonds. The third-order valence-electron chi connectivity index (χ3n) is 4.51. The van der Waals surface area contributed by atoms with E-state index in [9.17, 15) is 4.79 Å². The van der Waals surface area contributed by atoms with Gasteiger partial charge in [0.1, 0.15) is 6.61 Å². The molecule has 2 aromatic rings. The number of hydrogen-bond acceptors (Lipinski definition) is 6. The first-order valence-corrected chi connectivity index (χ1v) is 10.1. The molecule has 0 saturated carbocycles. The number of nitrogens with one attached hydrogen (secondary N) is 1. The number of ether oxygens (including phenoxy) is 5. The Bertz CT molecular complexity index is 880. The molecule has 0 aliphatic carbocycles. The first kappa shape index (κ1) is 24.1. The zero-order chi connectivity index (χ0) is 22.6. The summed E-state index contributed by atoms with van der Waals surface area (Å²) in [6.07, 6.45) is 3.22. The number of benzene rings is 2. The summed E-state index contributed by atoms with van der Waals surface area (Å²) in [4.78, 5) is 12.4. The quantitative estimate of drug-likeness (QED) is 0.406. The molecule has 0 radical (unpaired) electrons. The highest BCUT2D eigenvalue weighted by molar-refractivity contribution is 5.92. The lowest BCUT2D eigenvalue weighted by atomic mass is 10.1. The van der Waals surface area contributed by atoms with Crippen molar-refractivity contribution in [1.82, 2.24) is 5.32 Å². The molecule has 0 bridgehead atoms. The molecule has 2 aromatic carbocycles. The van der Waals surface area contributed by atoms with E-state index < -0.39 is 0 Å². The number of hydrogen-bond donors (Lipinski definition) is 1. The van der Waals surface area contributed by atoms with Crippen LogP contribution in [0.1, 0.15) is 31.0 Å². The van der Waals surface area contributed by atoms with Crippen LogP contribution in [0.15, 0.2) is 42.5 Å². The third-order valence-corrected chi connectivity index (χ3v) is 4.51. The van der Waals surface area contributed by atoms with Crippen molar-refractivity contribution >= 4 is 12.0 Å². The summed E-state index contributed by atoms with van der Waals surface area (Å²) >= 11 is 0. The van der Waals surface area contributed by atoms with Crippen molar-refractivity contribution in [3.8, 4) is 23.0 Å². The van der Waals surface area contributed by atoms with Gasteiger partial charge >= 0.3 is 0 Å². The van der Waals surface area contributed by atoms with Crippen molar-refractivity contribution in [2.45, 2.75) is 19.9 Å². The van der Waals surface area contributed by atoms with Crippen molar-refractivity contribution in [1.29, 1.82) is 0 Å². The number of carbonyl (C=O) groups excluding carboxylic acids is 1. The van der Waals surface area contributed by atoms with Crippen molar-refractivity contribution < 1.29 is 28.5 Å². The molecular formula is C24H31NO6. The monoisotopic (exact) mass is 429 g/mol. The largest absolute Gasteiger partial charge is 0.493 e. The Morgan fingerprint density at radius 1 is 0.935 bits per heavy atom. The smallest absolute Gasteiger partial charge is 0.244 e. The maximum atomic E-state index is 12.4. The maximum absolute atomic E-state index is 12.4. The highest BCUT2D eigenvalue weighted by Gasteiger charge is 2.12.